The zero-order valence-electron chi connectivity index (χ0n) is 4.48. The number of carbonyl (C=O) groups excluding carboxylic acids is 1. The Morgan fingerprint density at radius 1 is 2.00 bits per heavy atom. The van der Waals surface area contributed by atoms with Gasteiger partial charge in [-0.05, 0) is 12.0 Å². The molecule has 0 aromatic rings. The molecule has 2 heteroatoms. The minimum atomic E-state index is -0.254. The smallest absolute Gasteiger partial charge is 0.225 e. The number of hydrogen-bond acceptors (Lipinski definition) is 1. The SMILES string of the molecule is C=C=C1C[C@@H]1C(N)=O. The summed E-state index contributed by atoms with van der Waals surface area (Å²) in [6.45, 7) is 3.39. The summed E-state index contributed by atoms with van der Waals surface area (Å²) in [5.74, 6) is -0.288. The van der Waals surface area contributed by atoms with Crippen LogP contribution in [0.1, 0.15) is 6.42 Å². The Hall–Kier alpha value is -1.01. The van der Waals surface area contributed by atoms with Crippen LogP contribution in [-0.2, 0) is 4.79 Å². The van der Waals surface area contributed by atoms with Gasteiger partial charge < -0.3 is 5.73 Å². The van der Waals surface area contributed by atoms with E-state index in [9.17, 15) is 4.79 Å². The molecule has 42 valence electrons. The third kappa shape index (κ3) is 0.658. The molecule has 0 aliphatic heterocycles. The molecule has 0 unspecified atom stereocenters. The Kier molecular flexibility index (Phi) is 0.959. The molecule has 0 aromatic carbocycles. The van der Waals surface area contributed by atoms with E-state index in [4.69, 9.17) is 5.73 Å². The van der Waals surface area contributed by atoms with Gasteiger partial charge in [-0.15, -0.1) is 5.73 Å². The van der Waals surface area contributed by atoms with Crippen LogP contribution in [0.15, 0.2) is 17.9 Å². The van der Waals surface area contributed by atoms with E-state index >= 15 is 0 Å². The number of amides is 1. The van der Waals surface area contributed by atoms with Crippen LogP contribution in [0.4, 0.5) is 0 Å². The van der Waals surface area contributed by atoms with Crippen LogP contribution in [0.2, 0.25) is 0 Å². The van der Waals surface area contributed by atoms with Crippen molar-refractivity contribution in [2.45, 2.75) is 6.42 Å². The largest absolute Gasteiger partial charge is 0.369 e. The van der Waals surface area contributed by atoms with Crippen molar-refractivity contribution >= 4 is 5.91 Å². The molecule has 1 aliphatic carbocycles. The standard InChI is InChI=1S/C6H7NO/c1-2-4-3-5(4)6(7)8/h5H,1,3H2,(H2,7,8)/t5-/m0/s1. The molecule has 0 heterocycles. The molecule has 1 fully saturated rings. The molecule has 0 saturated heterocycles. The maximum Gasteiger partial charge on any atom is 0.225 e. The number of carbonyl (C=O) groups is 1. The van der Waals surface area contributed by atoms with Gasteiger partial charge in [-0.3, -0.25) is 4.79 Å². The quantitative estimate of drug-likeness (QED) is 0.480. The minimum Gasteiger partial charge on any atom is -0.369 e. The summed E-state index contributed by atoms with van der Waals surface area (Å²) in [6.07, 6.45) is 0.777. The van der Waals surface area contributed by atoms with E-state index < -0.39 is 0 Å². The lowest BCUT2D eigenvalue weighted by Crippen LogP contribution is -2.12. The third-order valence-corrected chi connectivity index (χ3v) is 1.26. The third-order valence-electron chi connectivity index (χ3n) is 1.26. The van der Waals surface area contributed by atoms with Gasteiger partial charge in [0.05, 0.1) is 5.92 Å². The van der Waals surface area contributed by atoms with E-state index in [0.29, 0.717) is 0 Å². The van der Waals surface area contributed by atoms with Gasteiger partial charge in [0.2, 0.25) is 5.91 Å². The van der Waals surface area contributed by atoms with Gasteiger partial charge in [-0.1, -0.05) is 6.58 Å². The summed E-state index contributed by atoms with van der Waals surface area (Å²) in [4.78, 5) is 10.3. The van der Waals surface area contributed by atoms with Gasteiger partial charge in [0, 0.05) is 0 Å². The second-order valence-electron chi connectivity index (χ2n) is 1.86. The molecule has 1 rings (SSSR count). The fourth-order valence-corrected chi connectivity index (χ4v) is 0.629. The minimum absolute atomic E-state index is 0.0347. The monoisotopic (exact) mass is 109 g/mol. The molecule has 1 saturated carbocycles. The Bertz CT molecular complexity index is 177. The van der Waals surface area contributed by atoms with Crippen LogP contribution < -0.4 is 5.73 Å². The summed E-state index contributed by atoms with van der Waals surface area (Å²) in [7, 11) is 0. The van der Waals surface area contributed by atoms with E-state index in [1.807, 2.05) is 0 Å². The van der Waals surface area contributed by atoms with Crippen molar-refractivity contribution in [1.82, 2.24) is 0 Å². The highest BCUT2D eigenvalue weighted by molar-refractivity contribution is 5.84. The lowest BCUT2D eigenvalue weighted by atomic mass is 10.4. The van der Waals surface area contributed by atoms with Crippen molar-refractivity contribution < 1.29 is 4.79 Å². The molecular weight excluding hydrogens is 102 g/mol. The zero-order valence-corrected chi connectivity index (χ0v) is 4.48. The van der Waals surface area contributed by atoms with Crippen LogP contribution in [0.3, 0.4) is 0 Å². The highest BCUT2D eigenvalue weighted by Crippen LogP contribution is 2.35. The molecule has 1 atom stereocenters. The maximum atomic E-state index is 10.3. The van der Waals surface area contributed by atoms with Crippen LogP contribution in [0.25, 0.3) is 0 Å². The predicted molar refractivity (Wildman–Crippen MR) is 30.0 cm³/mol. The first kappa shape index (κ1) is 5.13. The first-order chi connectivity index (χ1) is 3.75. The van der Waals surface area contributed by atoms with Crippen LogP contribution in [0, 0.1) is 5.92 Å². The van der Waals surface area contributed by atoms with E-state index in [1.165, 1.54) is 0 Å². The number of nitrogens with two attached hydrogens (primary N) is 1. The highest BCUT2D eigenvalue weighted by atomic mass is 16.1. The molecule has 2 N–H and O–H groups in total. The topological polar surface area (TPSA) is 43.1 Å². The second-order valence-corrected chi connectivity index (χ2v) is 1.86. The predicted octanol–water partition coefficient (Wildman–Crippen LogP) is 0.203. The Labute approximate surface area is 47.7 Å². The summed E-state index contributed by atoms with van der Waals surface area (Å²) < 4.78 is 0. The summed E-state index contributed by atoms with van der Waals surface area (Å²) in [5.41, 5.74) is 8.53. The first-order valence-electron chi connectivity index (χ1n) is 2.44. The second kappa shape index (κ2) is 1.49. The molecule has 0 spiro atoms. The van der Waals surface area contributed by atoms with E-state index in [-0.39, 0.29) is 11.8 Å². The van der Waals surface area contributed by atoms with Gasteiger partial charge >= 0.3 is 0 Å². The normalized spacial score (nSPS) is 24.5. The van der Waals surface area contributed by atoms with E-state index in [0.717, 1.165) is 12.0 Å². The van der Waals surface area contributed by atoms with Crippen LogP contribution in [-0.4, -0.2) is 5.91 Å². The van der Waals surface area contributed by atoms with Crippen molar-refractivity contribution in [2.24, 2.45) is 11.7 Å². The van der Waals surface area contributed by atoms with Crippen molar-refractivity contribution in [2.75, 3.05) is 0 Å². The highest BCUT2D eigenvalue weighted by Gasteiger charge is 2.34. The lowest BCUT2D eigenvalue weighted by molar-refractivity contribution is -0.118. The molecule has 1 amide bonds. The van der Waals surface area contributed by atoms with Gasteiger partial charge in [0.25, 0.3) is 0 Å². The summed E-state index contributed by atoms with van der Waals surface area (Å²) in [5, 5.41) is 0. The van der Waals surface area contributed by atoms with Crippen molar-refractivity contribution in [3.63, 3.8) is 0 Å². The Morgan fingerprint density at radius 3 is 2.75 bits per heavy atom. The molecule has 0 bridgehead atoms. The first-order valence-corrected chi connectivity index (χ1v) is 2.44. The van der Waals surface area contributed by atoms with Gasteiger partial charge in [0.1, 0.15) is 0 Å². The molecule has 0 radical (unpaired) electrons. The molecular formula is C6H7NO. The fourth-order valence-electron chi connectivity index (χ4n) is 0.629. The Balaban J connectivity index is 2.61. The lowest BCUT2D eigenvalue weighted by Gasteiger charge is -1.77. The number of rotatable bonds is 1. The summed E-state index contributed by atoms with van der Waals surface area (Å²) >= 11 is 0. The van der Waals surface area contributed by atoms with Gasteiger partial charge in [0.15, 0.2) is 0 Å². The number of primary amides is 1. The number of hydrogen-bond donors (Lipinski definition) is 1. The van der Waals surface area contributed by atoms with Crippen LogP contribution in [0.5, 0.6) is 0 Å². The van der Waals surface area contributed by atoms with E-state index in [1.54, 1.807) is 0 Å². The Morgan fingerprint density at radius 2 is 2.62 bits per heavy atom. The molecule has 1 aliphatic rings. The van der Waals surface area contributed by atoms with E-state index in [2.05, 4.69) is 12.3 Å². The van der Waals surface area contributed by atoms with Crippen molar-refractivity contribution in [1.29, 1.82) is 0 Å². The average Bonchev–Trinajstić information content (AvgIpc) is 2.42. The zero-order chi connectivity index (χ0) is 6.15. The van der Waals surface area contributed by atoms with Crippen molar-refractivity contribution in [3.05, 3.63) is 17.9 Å². The van der Waals surface area contributed by atoms with Gasteiger partial charge in [-0.2, -0.15) is 0 Å². The summed E-state index contributed by atoms with van der Waals surface area (Å²) in [6, 6.07) is 0. The average molecular weight is 109 g/mol. The van der Waals surface area contributed by atoms with Crippen LogP contribution >= 0.6 is 0 Å². The molecule has 2 nitrogen and oxygen atoms in total. The van der Waals surface area contributed by atoms with Gasteiger partial charge in [-0.25, -0.2) is 0 Å². The molecule has 0 aromatic heterocycles. The van der Waals surface area contributed by atoms with Crippen molar-refractivity contribution in [3.8, 4) is 0 Å². The fraction of sp³-hybridized carbons (Fsp3) is 0.333. The maximum absolute atomic E-state index is 10.3. The molecule has 8 heavy (non-hydrogen) atoms.